The molecule has 0 aromatic carbocycles. The van der Waals surface area contributed by atoms with Crippen molar-refractivity contribution in [3.63, 3.8) is 0 Å². The quantitative estimate of drug-likeness (QED) is 0.754. The average molecular weight is 297 g/mol. The second-order valence-corrected chi connectivity index (χ2v) is 6.28. The molecule has 6 nitrogen and oxygen atoms in total. The number of hydrogen-bond acceptors (Lipinski definition) is 5. The van der Waals surface area contributed by atoms with E-state index in [-0.39, 0.29) is 23.8 Å². The van der Waals surface area contributed by atoms with Crippen molar-refractivity contribution < 1.29 is 14.3 Å². The fourth-order valence-electron chi connectivity index (χ4n) is 3.30. The van der Waals surface area contributed by atoms with Gasteiger partial charge in [0.15, 0.2) is 0 Å². The number of nitrogens with two attached hydrogens (primary N) is 1. The minimum atomic E-state index is -0.152. The van der Waals surface area contributed by atoms with Crippen LogP contribution in [0.15, 0.2) is 0 Å². The van der Waals surface area contributed by atoms with E-state index in [9.17, 15) is 9.59 Å². The zero-order valence-electron chi connectivity index (χ0n) is 13.1. The lowest BCUT2D eigenvalue weighted by Gasteiger charge is -2.38. The molecule has 2 saturated heterocycles. The van der Waals surface area contributed by atoms with Crippen LogP contribution in [0.3, 0.4) is 0 Å². The molecule has 21 heavy (non-hydrogen) atoms. The molecular formula is C15H27N3O3. The van der Waals surface area contributed by atoms with Crippen LogP contribution in [0.2, 0.25) is 0 Å². The Kier molecular flexibility index (Phi) is 5.58. The molecule has 2 aliphatic heterocycles. The number of esters is 1. The number of carbonyl (C=O) groups excluding carboxylic acids is 2. The van der Waals surface area contributed by atoms with Crippen LogP contribution in [0.4, 0.5) is 0 Å². The third-order valence-corrected chi connectivity index (χ3v) is 4.77. The smallest absolute Gasteiger partial charge is 0.308 e. The van der Waals surface area contributed by atoms with E-state index in [4.69, 9.17) is 10.5 Å². The first-order valence-electron chi connectivity index (χ1n) is 7.86. The van der Waals surface area contributed by atoms with Gasteiger partial charge in [0.2, 0.25) is 5.91 Å². The van der Waals surface area contributed by atoms with Crippen LogP contribution >= 0.6 is 0 Å². The Hall–Kier alpha value is -1.14. The molecule has 0 spiro atoms. The topological polar surface area (TPSA) is 75.9 Å². The second-order valence-electron chi connectivity index (χ2n) is 6.28. The molecule has 0 aliphatic carbocycles. The number of hydrogen-bond donors (Lipinski definition) is 1. The number of nitrogens with zero attached hydrogens (tertiary/aromatic N) is 2. The third kappa shape index (κ3) is 4.17. The van der Waals surface area contributed by atoms with Gasteiger partial charge in [-0.1, -0.05) is 0 Å². The maximum Gasteiger partial charge on any atom is 0.308 e. The van der Waals surface area contributed by atoms with E-state index in [1.54, 1.807) is 0 Å². The van der Waals surface area contributed by atoms with Gasteiger partial charge in [-0.2, -0.15) is 0 Å². The first-order chi connectivity index (χ1) is 10.0. The normalized spacial score (nSPS) is 28.4. The molecule has 6 heteroatoms. The Morgan fingerprint density at radius 3 is 2.43 bits per heavy atom. The summed E-state index contributed by atoms with van der Waals surface area (Å²) in [6, 6.07) is 0.632. The summed E-state index contributed by atoms with van der Waals surface area (Å²) in [5, 5.41) is 0. The van der Waals surface area contributed by atoms with Crippen molar-refractivity contribution in [2.75, 3.05) is 33.3 Å². The zero-order valence-corrected chi connectivity index (χ0v) is 13.1. The van der Waals surface area contributed by atoms with Gasteiger partial charge in [-0.25, -0.2) is 0 Å². The number of rotatable bonds is 3. The van der Waals surface area contributed by atoms with E-state index in [1.165, 1.54) is 7.11 Å². The molecule has 2 rings (SSSR count). The van der Waals surface area contributed by atoms with Crippen molar-refractivity contribution in [1.82, 2.24) is 9.80 Å². The highest BCUT2D eigenvalue weighted by molar-refractivity contribution is 5.79. The Bertz CT molecular complexity index is 380. The van der Waals surface area contributed by atoms with Crippen molar-refractivity contribution in [3.8, 4) is 0 Å². The van der Waals surface area contributed by atoms with Crippen molar-refractivity contribution in [2.45, 2.75) is 44.7 Å². The molecule has 2 N–H and O–H groups in total. The maximum absolute atomic E-state index is 12.4. The lowest BCUT2D eigenvalue weighted by Crippen LogP contribution is -2.51. The molecule has 2 heterocycles. The van der Waals surface area contributed by atoms with Gasteiger partial charge in [0, 0.05) is 31.7 Å². The summed E-state index contributed by atoms with van der Waals surface area (Å²) in [5.41, 5.74) is 5.95. The van der Waals surface area contributed by atoms with Gasteiger partial charge >= 0.3 is 5.97 Å². The second kappa shape index (κ2) is 7.22. The van der Waals surface area contributed by atoms with E-state index in [0.717, 1.165) is 19.4 Å². The highest BCUT2D eigenvalue weighted by Crippen LogP contribution is 2.20. The van der Waals surface area contributed by atoms with Gasteiger partial charge in [0.1, 0.15) is 0 Å². The van der Waals surface area contributed by atoms with Gasteiger partial charge in [-0.15, -0.1) is 0 Å². The van der Waals surface area contributed by atoms with E-state index in [0.29, 0.717) is 38.5 Å². The number of amides is 1. The SMILES string of the molecule is COC(=O)C1CCN(C(=O)CN2CCC(N)CC2C)CC1. The fourth-order valence-corrected chi connectivity index (χ4v) is 3.30. The molecular weight excluding hydrogens is 270 g/mol. The predicted molar refractivity (Wildman–Crippen MR) is 79.6 cm³/mol. The first kappa shape index (κ1) is 16.2. The van der Waals surface area contributed by atoms with Crippen molar-refractivity contribution in [1.29, 1.82) is 0 Å². The molecule has 0 saturated carbocycles. The monoisotopic (exact) mass is 297 g/mol. The lowest BCUT2D eigenvalue weighted by atomic mass is 9.96. The maximum atomic E-state index is 12.4. The highest BCUT2D eigenvalue weighted by atomic mass is 16.5. The van der Waals surface area contributed by atoms with Crippen molar-refractivity contribution >= 4 is 11.9 Å². The van der Waals surface area contributed by atoms with E-state index >= 15 is 0 Å². The summed E-state index contributed by atoms with van der Waals surface area (Å²) >= 11 is 0. The Balaban J connectivity index is 1.78. The lowest BCUT2D eigenvalue weighted by molar-refractivity contribution is -0.149. The molecule has 2 fully saturated rings. The fraction of sp³-hybridized carbons (Fsp3) is 0.867. The molecule has 2 atom stereocenters. The van der Waals surface area contributed by atoms with Crippen molar-refractivity contribution in [3.05, 3.63) is 0 Å². The summed E-state index contributed by atoms with van der Waals surface area (Å²) in [6.45, 7) is 4.81. The zero-order chi connectivity index (χ0) is 15.4. The van der Waals surface area contributed by atoms with Crippen LogP contribution in [0.25, 0.3) is 0 Å². The summed E-state index contributed by atoms with van der Waals surface area (Å²) in [4.78, 5) is 28.0. The Morgan fingerprint density at radius 1 is 1.19 bits per heavy atom. The van der Waals surface area contributed by atoms with Crippen LogP contribution in [-0.2, 0) is 14.3 Å². The average Bonchev–Trinajstić information content (AvgIpc) is 2.49. The van der Waals surface area contributed by atoms with E-state index in [1.807, 2.05) is 4.90 Å². The molecule has 0 bridgehead atoms. The molecule has 2 unspecified atom stereocenters. The predicted octanol–water partition coefficient (Wildman–Crippen LogP) is 0.210. The number of piperidine rings is 2. The van der Waals surface area contributed by atoms with E-state index in [2.05, 4.69) is 11.8 Å². The minimum absolute atomic E-state index is 0.0500. The molecule has 120 valence electrons. The molecule has 0 radical (unpaired) electrons. The third-order valence-electron chi connectivity index (χ3n) is 4.77. The number of ether oxygens (including phenoxy) is 1. The van der Waals surface area contributed by atoms with Crippen molar-refractivity contribution in [2.24, 2.45) is 11.7 Å². The number of likely N-dealkylation sites (tertiary alicyclic amines) is 2. The van der Waals surface area contributed by atoms with Crippen LogP contribution in [0.5, 0.6) is 0 Å². The van der Waals surface area contributed by atoms with Crippen LogP contribution in [-0.4, -0.2) is 67.0 Å². The summed E-state index contributed by atoms with van der Waals surface area (Å²) in [7, 11) is 1.42. The molecule has 2 aliphatic rings. The largest absolute Gasteiger partial charge is 0.469 e. The molecule has 0 aromatic heterocycles. The van der Waals surface area contributed by atoms with Gasteiger partial charge in [0.25, 0.3) is 0 Å². The molecule has 0 aromatic rings. The number of carbonyl (C=O) groups is 2. The molecule has 1 amide bonds. The first-order valence-corrected chi connectivity index (χ1v) is 7.86. The van der Waals surface area contributed by atoms with Gasteiger partial charge in [-0.05, 0) is 32.6 Å². The van der Waals surface area contributed by atoms with Gasteiger partial charge in [0.05, 0.1) is 19.6 Å². The Labute approximate surface area is 126 Å². The summed E-state index contributed by atoms with van der Waals surface area (Å²) in [6.07, 6.45) is 3.33. The van der Waals surface area contributed by atoms with Crippen LogP contribution in [0, 0.1) is 5.92 Å². The van der Waals surface area contributed by atoms with Crippen LogP contribution in [0.1, 0.15) is 32.6 Å². The summed E-state index contributed by atoms with van der Waals surface area (Å²) < 4.78 is 4.77. The standard InChI is InChI=1S/C15H27N3O3/c1-11-9-13(16)5-8-18(11)10-14(19)17-6-3-12(4-7-17)15(20)21-2/h11-13H,3-10,16H2,1-2H3. The van der Waals surface area contributed by atoms with Gasteiger partial charge in [-0.3, -0.25) is 14.5 Å². The number of methoxy groups -OCH3 is 1. The van der Waals surface area contributed by atoms with E-state index < -0.39 is 0 Å². The Morgan fingerprint density at radius 2 is 1.86 bits per heavy atom. The summed E-state index contributed by atoms with van der Waals surface area (Å²) in [5.74, 6) is -0.0349. The highest BCUT2D eigenvalue weighted by Gasteiger charge is 2.30. The van der Waals surface area contributed by atoms with Gasteiger partial charge < -0.3 is 15.4 Å². The van der Waals surface area contributed by atoms with Crippen LogP contribution < -0.4 is 5.73 Å². The minimum Gasteiger partial charge on any atom is -0.469 e.